The molecular weight excluding hydrogens is 256 g/mol. The molecular formula is C16H22O4. The normalized spacial score (nSPS) is 11.1. The van der Waals surface area contributed by atoms with E-state index in [4.69, 9.17) is 14.2 Å². The zero-order valence-corrected chi connectivity index (χ0v) is 12.6. The average Bonchev–Trinajstić information content (AvgIpc) is 2.46. The van der Waals surface area contributed by atoms with Gasteiger partial charge in [-0.1, -0.05) is 19.4 Å². The Morgan fingerprint density at radius 3 is 2.65 bits per heavy atom. The van der Waals surface area contributed by atoms with Gasteiger partial charge in [-0.3, -0.25) is 0 Å². The highest BCUT2D eigenvalue weighted by Crippen LogP contribution is 2.25. The number of carbonyl (C=O) groups is 1. The average molecular weight is 278 g/mol. The van der Waals surface area contributed by atoms with Crippen LogP contribution in [0.4, 0.5) is 0 Å². The highest BCUT2D eigenvalue weighted by molar-refractivity contribution is 6.16. The van der Waals surface area contributed by atoms with Crippen LogP contribution in [0.15, 0.2) is 24.5 Å². The molecule has 0 amide bonds. The Morgan fingerprint density at radius 2 is 2.05 bits per heavy atom. The maximum atomic E-state index is 11.8. The van der Waals surface area contributed by atoms with Gasteiger partial charge in [-0.05, 0) is 36.6 Å². The van der Waals surface area contributed by atoms with E-state index >= 15 is 0 Å². The Balaban J connectivity index is 3.05. The van der Waals surface area contributed by atoms with Crippen molar-refractivity contribution >= 4 is 11.5 Å². The largest absolute Gasteiger partial charge is 0.503 e. The number of methoxy groups -OCH3 is 2. The number of aryl methyl sites for hydroxylation is 1. The molecule has 20 heavy (non-hydrogen) atoms. The minimum atomic E-state index is -0.430. The minimum Gasteiger partial charge on any atom is -0.503 e. The van der Waals surface area contributed by atoms with E-state index in [0.29, 0.717) is 12.2 Å². The van der Waals surface area contributed by atoms with E-state index in [9.17, 15) is 4.79 Å². The number of rotatable bonds is 7. The van der Waals surface area contributed by atoms with Crippen molar-refractivity contribution in [3.8, 4) is 5.75 Å². The van der Waals surface area contributed by atoms with Gasteiger partial charge in [-0.25, -0.2) is 4.79 Å². The summed E-state index contributed by atoms with van der Waals surface area (Å²) in [6, 6.07) is 5.66. The lowest BCUT2D eigenvalue weighted by molar-refractivity contribution is -0.133. The van der Waals surface area contributed by atoms with Gasteiger partial charge in [0, 0.05) is 0 Å². The number of ether oxygens (including phenoxy) is 3. The molecule has 0 aliphatic carbocycles. The lowest BCUT2D eigenvalue weighted by Gasteiger charge is -2.12. The molecule has 0 saturated carbocycles. The maximum absolute atomic E-state index is 11.8. The van der Waals surface area contributed by atoms with Crippen LogP contribution < -0.4 is 4.74 Å². The molecule has 0 atom stereocenters. The highest BCUT2D eigenvalue weighted by atomic mass is 16.5. The summed E-state index contributed by atoms with van der Waals surface area (Å²) in [7, 11) is 2.85. The second kappa shape index (κ2) is 8.25. The first-order valence-corrected chi connectivity index (χ1v) is 6.69. The van der Waals surface area contributed by atoms with Crippen LogP contribution in [0.3, 0.4) is 0 Å². The monoisotopic (exact) mass is 278 g/mol. The SMILES string of the molecule is CCCCOc1ccc(C)c(/C(=C\OC)C(=O)OC)c1. The smallest absolute Gasteiger partial charge is 0.341 e. The molecule has 0 aromatic heterocycles. The van der Waals surface area contributed by atoms with E-state index < -0.39 is 5.97 Å². The summed E-state index contributed by atoms with van der Waals surface area (Å²) in [6.07, 6.45) is 3.47. The number of carbonyl (C=O) groups excluding carboxylic acids is 1. The molecule has 4 heteroatoms. The Bertz CT molecular complexity index is 477. The Hall–Kier alpha value is -1.97. The van der Waals surface area contributed by atoms with Crippen molar-refractivity contribution in [2.45, 2.75) is 26.7 Å². The third-order valence-electron chi connectivity index (χ3n) is 2.91. The number of hydrogen-bond acceptors (Lipinski definition) is 4. The molecule has 1 aromatic carbocycles. The summed E-state index contributed by atoms with van der Waals surface area (Å²) >= 11 is 0. The van der Waals surface area contributed by atoms with Crippen LogP contribution in [0.1, 0.15) is 30.9 Å². The van der Waals surface area contributed by atoms with Gasteiger partial charge in [0.15, 0.2) is 0 Å². The number of unbranched alkanes of at least 4 members (excludes halogenated alkanes) is 1. The van der Waals surface area contributed by atoms with E-state index in [1.54, 1.807) is 0 Å². The molecule has 1 rings (SSSR count). The molecule has 0 radical (unpaired) electrons. The minimum absolute atomic E-state index is 0.383. The molecule has 0 aliphatic heterocycles. The van der Waals surface area contributed by atoms with Crippen molar-refractivity contribution in [2.75, 3.05) is 20.8 Å². The van der Waals surface area contributed by atoms with Crippen molar-refractivity contribution < 1.29 is 19.0 Å². The fourth-order valence-corrected chi connectivity index (χ4v) is 1.76. The van der Waals surface area contributed by atoms with Crippen LogP contribution in [-0.2, 0) is 14.3 Å². The van der Waals surface area contributed by atoms with Crippen LogP contribution in [0.25, 0.3) is 5.57 Å². The Kier molecular flexibility index (Phi) is 6.64. The molecule has 0 unspecified atom stereocenters. The molecule has 0 saturated heterocycles. The zero-order valence-electron chi connectivity index (χ0n) is 12.6. The third kappa shape index (κ3) is 4.30. The molecule has 0 aliphatic rings. The summed E-state index contributed by atoms with van der Waals surface area (Å²) in [4.78, 5) is 11.8. The zero-order chi connectivity index (χ0) is 15.0. The fraction of sp³-hybridized carbons (Fsp3) is 0.438. The lowest BCUT2D eigenvalue weighted by Crippen LogP contribution is -2.06. The van der Waals surface area contributed by atoms with E-state index in [-0.39, 0.29) is 0 Å². The van der Waals surface area contributed by atoms with Gasteiger partial charge in [-0.2, -0.15) is 0 Å². The van der Waals surface area contributed by atoms with Gasteiger partial charge in [-0.15, -0.1) is 0 Å². The maximum Gasteiger partial charge on any atom is 0.341 e. The summed E-state index contributed by atoms with van der Waals surface area (Å²) in [5.41, 5.74) is 2.10. The van der Waals surface area contributed by atoms with Gasteiger partial charge in [0.25, 0.3) is 0 Å². The summed E-state index contributed by atoms with van der Waals surface area (Å²) in [5.74, 6) is 0.311. The fourth-order valence-electron chi connectivity index (χ4n) is 1.76. The van der Waals surface area contributed by atoms with E-state index in [1.165, 1.54) is 20.5 Å². The van der Waals surface area contributed by atoms with Gasteiger partial charge in [0.2, 0.25) is 0 Å². The second-order valence-corrected chi connectivity index (χ2v) is 4.44. The number of esters is 1. The molecule has 0 heterocycles. The van der Waals surface area contributed by atoms with Crippen LogP contribution in [0.2, 0.25) is 0 Å². The van der Waals surface area contributed by atoms with E-state index in [1.807, 2.05) is 25.1 Å². The molecule has 0 spiro atoms. The van der Waals surface area contributed by atoms with Crippen LogP contribution in [-0.4, -0.2) is 26.8 Å². The quantitative estimate of drug-likeness (QED) is 0.332. The lowest BCUT2D eigenvalue weighted by atomic mass is 10.0. The summed E-state index contributed by atoms with van der Waals surface area (Å²) in [6.45, 7) is 4.71. The molecule has 110 valence electrons. The molecule has 1 aromatic rings. The van der Waals surface area contributed by atoms with Crippen molar-refractivity contribution in [1.29, 1.82) is 0 Å². The summed E-state index contributed by atoms with van der Waals surface area (Å²) in [5, 5.41) is 0. The van der Waals surface area contributed by atoms with Gasteiger partial charge in [0.05, 0.1) is 27.1 Å². The third-order valence-corrected chi connectivity index (χ3v) is 2.91. The topological polar surface area (TPSA) is 44.8 Å². The van der Waals surface area contributed by atoms with E-state index in [2.05, 4.69) is 6.92 Å². The van der Waals surface area contributed by atoms with Crippen LogP contribution in [0, 0.1) is 6.92 Å². The molecule has 0 bridgehead atoms. The van der Waals surface area contributed by atoms with Crippen molar-refractivity contribution in [2.24, 2.45) is 0 Å². The van der Waals surface area contributed by atoms with Crippen molar-refractivity contribution in [1.82, 2.24) is 0 Å². The first kappa shape index (κ1) is 16.1. The first-order valence-electron chi connectivity index (χ1n) is 6.69. The Labute approximate surface area is 120 Å². The number of benzene rings is 1. The first-order chi connectivity index (χ1) is 9.63. The van der Waals surface area contributed by atoms with Crippen LogP contribution >= 0.6 is 0 Å². The number of hydrogen-bond donors (Lipinski definition) is 0. The summed E-state index contributed by atoms with van der Waals surface area (Å²) < 4.78 is 15.4. The Morgan fingerprint density at radius 1 is 1.30 bits per heavy atom. The predicted molar refractivity (Wildman–Crippen MR) is 78.6 cm³/mol. The van der Waals surface area contributed by atoms with E-state index in [0.717, 1.165) is 29.7 Å². The standard InChI is InChI=1S/C16H22O4/c1-5-6-9-20-13-8-7-12(2)14(10-13)15(11-18-3)16(17)19-4/h7-8,10-11H,5-6,9H2,1-4H3/b15-11+. The second-order valence-electron chi connectivity index (χ2n) is 4.44. The van der Waals surface area contributed by atoms with Gasteiger partial charge >= 0.3 is 5.97 Å². The van der Waals surface area contributed by atoms with Gasteiger partial charge < -0.3 is 14.2 Å². The van der Waals surface area contributed by atoms with Crippen LogP contribution in [0.5, 0.6) is 5.75 Å². The molecule has 0 fully saturated rings. The predicted octanol–water partition coefficient (Wildman–Crippen LogP) is 3.33. The molecule has 0 N–H and O–H groups in total. The molecule has 4 nitrogen and oxygen atoms in total. The van der Waals surface area contributed by atoms with Crippen molar-refractivity contribution in [3.63, 3.8) is 0 Å². The highest BCUT2D eigenvalue weighted by Gasteiger charge is 2.16. The van der Waals surface area contributed by atoms with Crippen molar-refractivity contribution in [3.05, 3.63) is 35.6 Å². The van der Waals surface area contributed by atoms with Gasteiger partial charge in [0.1, 0.15) is 11.3 Å².